The van der Waals surface area contributed by atoms with Crippen molar-refractivity contribution in [3.8, 4) is 5.69 Å². The molecule has 0 radical (unpaired) electrons. The minimum atomic E-state index is -0.502. The first-order valence-electron chi connectivity index (χ1n) is 12.1. The molecule has 0 N–H and O–H groups in total. The average molecular weight is 556 g/mol. The number of para-hydroxylation sites is 1. The van der Waals surface area contributed by atoms with E-state index in [0.717, 1.165) is 10.0 Å². The van der Waals surface area contributed by atoms with Crippen LogP contribution >= 0.6 is 15.9 Å². The Labute approximate surface area is 223 Å². The summed E-state index contributed by atoms with van der Waals surface area (Å²) in [4.78, 5) is 34.7. The van der Waals surface area contributed by atoms with Gasteiger partial charge in [0.15, 0.2) is 0 Å². The number of aromatic nitrogens is 2. The zero-order valence-corrected chi connectivity index (χ0v) is 22.2. The van der Waals surface area contributed by atoms with Crippen LogP contribution < -0.4 is 5.56 Å². The predicted molar refractivity (Wildman–Crippen MR) is 148 cm³/mol. The number of aryl methyl sites for hydroxylation is 1. The van der Waals surface area contributed by atoms with Crippen molar-refractivity contribution in [1.29, 1.82) is 0 Å². The summed E-state index contributed by atoms with van der Waals surface area (Å²) >= 11 is 3.48. The fourth-order valence-corrected chi connectivity index (χ4v) is 4.88. The van der Waals surface area contributed by atoms with Crippen LogP contribution in [0.15, 0.2) is 105 Å². The normalized spacial score (nSPS) is 12.0. The predicted octanol–water partition coefficient (Wildman–Crippen LogP) is 6.84. The molecule has 0 aliphatic rings. The first-order valence-corrected chi connectivity index (χ1v) is 12.9. The molecule has 1 amide bonds. The van der Waals surface area contributed by atoms with Gasteiger partial charge in [-0.1, -0.05) is 53.2 Å². The third-order valence-corrected chi connectivity index (χ3v) is 7.02. The number of nitrogens with zero attached hydrogens (tertiary/aromatic N) is 3. The van der Waals surface area contributed by atoms with Gasteiger partial charge in [-0.3, -0.25) is 14.2 Å². The van der Waals surface area contributed by atoms with E-state index in [4.69, 9.17) is 9.40 Å². The molecule has 186 valence electrons. The van der Waals surface area contributed by atoms with E-state index >= 15 is 0 Å². The number of halogens is 1. The molecule has 0 saturated heterocycles. The highest BCUT2D eigenvalue weighted by molar-refractivity contribution is 9.10. The highest BCUT2D eigenvalue weighted by atomic mass is 79.9. The Morgan fingerprint density at radius 2 is 1.73 bits per heavy atom. The molecule has 0 bridgehead atoms. The van der Waals surface area contributed by atoms with Gasteiger partial charge in [-0.05, 0) is 73.5 Å². The van der Waals surface area contributed by atoms with Gasteiger partial charge in [0.25, 0.3) is 11.5 Å². The van der Waals surface area contributed by atoms with Crippen LogP contribution in [0, 0.1) is 6.92 Å². The molecule has 7 heteroatoms. The molecule has 5 aromatic rings. The van der Waals surface area contributed by atoms with Gasteiger partial charge in [-0.15, -0.1) is 0 Å². The van der Waals surface area contributed by atoms with Crippen molar-refractivity contribution in [3.63, 3.8) is 0 Å². The molecule has 3 aromatic carbocycles. The Kier molecular flexibility index (Phi) is 7.06. The molecular formula is C30H26BrN3O3. The fraction of sp³-hybridized carbons (Fsp3) is 0.167. The quantitative estimate of drug-likeness (QED) is 0.220. The van der Waals surface area contributed by atoms with Crippen LogP contribution in [0.2, 0.25) is 0 Å². The molecule has 0 aliphatic carbocycles. The maximum atomic E-state index is 14.1. The smallest absolute Gasteiger partial charge is 0.266 e. The van der Waals surface area contributed by atoms with E-state index in [2.05, 4.69) is 15.9 Å². The maximum absolute atomic E-state index is 14.1. The summed E-state index contributed by atoms with van der Waals surface area (Å²) in [6.45, 7) is 4.16. The summed E-state index contributed by atoms with van der Waals surface area (Å²) in [6.07, 6.45) is 2.14. The lowest BCUT2D eigenvalue weighted by Crippen LogP contribution is -2.38. The number of hydrogen-bond acceptors (Lipinski definition) is 4. The third kappa shape index (κ3) is 4.87. The van der Waals surface area contributed by atoms with E-state index in [1.54, 1.807) is 27.9 Å². The third-order valence-electron chi connectivity index (χ3n) is 6.49. The number of carbonyl (C=O) groups is 1. The Morgan fingerprint density at radius 1 is 1.00 bits per heavy atom. The summed E-state index contributed by atoms with van der Waals surface area (Å²) < 4.78 is 8.18. The molecule has 0 aliphatic heterocycles. The zero-order chi connectivity index (χ0) is 25.9. The minimum Gasteiger partial charge on any atom is -0.467 e. The van der Waals surface area contributed by atoms with Gasteiger partial charge in [0, 0.05) is 10.0 Å². The maximum Gasteiger partial charge on any atom is 0.266 e. The van der Waals surface area contributed by atoms with Gasteiger partial charge in [-0.25, -0.2) is 4.98 Å². The van der Waals surface area contributed by atoms with Crippen molar-refractivity contribution in [1.82, 2.24) is 14.5 Å². The summed E-state index contributed by atoms with van der Waals surface area (Å²) in [5, 5.41) is 0.520. The Morgan fingerprint density at radius 3 is 2.43 bits per heavy atom. The second-order valence-corrected chi connectivity index (χ2v) is 9.77. The molecule has 37 heavy (non-hydrogen) atoms. The van der Waals surface area contributed by atoms with Crippen LogP contribution in [-0.4, -0.2) is 20.4 Å². The first kappa shape index (κ1) is 24.7. The number of carbonyl (C=O) groups excluding carboxylic acids is 1. The number of fused-ring (bicyclic) bond motifs is 1. The number of hydrogen-bond donors (Lipinski definition) is 0. The number of benzene rings is 3. The van der Waals surface area contributed by atoms with Gasteiger partial charge in [0.05, 0.1) is 35.4 Å². The fourth-order valence-electron chi connectivity index (χ4n) is 4.62. The summed E-state index contributed by atoms with van der Waals surface area (Å²) in [6, 6.07) is 25.5. The highest BCUT2D eigenvalue weighted by Crippen LogP contribution is 2.30. The van der Waals surface area contributed by atoms with Crippen LogP contribution in [-0.2, 0) is 6.54 Å². The molecule has 5 rings (SSSR count). The van der Waals surface area contributed by atoms with Crippen molar-refractivity contribution in [2.75, 3.05) is 0 Å². The molecule has 1 atom stereocenters. The molecule has 2 aromatic heterocycles. The standard InChI is InChI=1S/C30H26BrN3O3/c1-3-27(33(19-23-10-8-18-37-23)29(35)24-11-5-4-9-20(24)2)28-32-26-13-7-6-12-25(26)30(36)34(28)22-16-14-21(31)15-17-22/h4-18,27H,3,19H2,1-2H3. The lowest BCUT2D eigenvalue weighted by atomic mass is 10.0. The van der Waals surface area contributed by atoms with Crippen molar-refractivity contribution in [2.45, 2.75) is 32.9 Å². The van der Waals surface area contributed by atoms with Gasteiger partial charge in [0.1, 0.15) is 11.6 Å². The average Bonchev–Trinajstić information content (AvgIpc) is 3.43. The number of rotatable bonds is 7. The van der Waals surface area contributed by atoms with E-state index in [9.17, 15) is 9.59 Å². The Bertz CT molecular complexity index is 1610. The van der Waals surface area contributed by atoms with Crippen LogP contribution in [0.3, 0.4) is 0 Å². The van der Waals surface area contributed by atoms with Gasteiger partial charge in [-0.2, -0.15) is 0 Å². The molecular weight excluding hydrogens is 530 g/mol. The topological polar surface area (TPSA) is 68.3 Å². The van der Waals surface area contributed by atoms with Gasteiger partial charge in [0.2, 0.25) is 0 Å². The first-order chi connectivity index (χ1) is 18.0. The molecule has 1 unspecified atom stereocenters. The molecule has 2 heterocycles. The van der Waals surface area contributed by atoms with Crippen LogP contribution in [0.25, 0.3) is 16.6 Å². The van der Waals surface area contributed by atoms with E-state index < -0.39 is 6.04 Å². The molecule has 0 spiro atoms. The highest BCUT2D eigenvalue weighted by Gasteiger charge is 2.31. The second kappa shape index (κ2) is 10.6. The number of amides is 1. The van der Waals surface area contributed by atoms with Crippen LogP contribution in [0.1, 0.15) is 46.9 Å². The lowest BCUT2D eigenvalue weighted by Gasteiger charge is -2.32. The van der Waals surface area contributed by atoms with E-state index in [0.29, 0.717) is 40.2 Å². The zero-order valence-electron chi connectivity index (χ0n) is 20.6. The van der Waals surface area contributed by atoms with Crippen LogP contribution in [0.4, 0.5) is 0 Å². The largest absolute Gasteiger partial charge is 0.467 e. The molecule has 0 saturated carbocycles. The molecule has 6 nitrogen and oxygen atoms in total. The monoisotopic (exact) mass is 555 g/mol. The SMILES string of the molecule is CCC(c1nc2ccccc2c(=O)n1-c1ccc(Br)cc1)N(Cc1ccco1)C(=O)c1ccccc1C. The number of furan rings is 1. The van der Waals surface area contributed by atoms with Crippen molar-refractivity contribution >= 4 is 32.7 Å². The summed E-state index contributed by atoms with van der Waals surface area (Å²) in [5.41, 5.74) is 2.58. The lowest BCUT2D eigenvalue weighted by molar-refractivity contribution is 0.0623. The van der Waals surface area contributed by atoms with Crippen molar-refractivity contribution < 1.29 is 9.21 Å². The molecule has 0 fully saturated rings. The summed E-state index contributed by atoms with van der Waals surface area (Å²) in [7, 11) is 0. The van der Waals surface area contributed by atoms with Crippen molar-refractivity contribution in [3.05, 3.63) is 129 Å². The van der Waals surface area contributed by atoms with Crippen LogP contribution in [0.5, 0.6) is 0 Å². The van der Waals surface area contributed by atoms with Gasteiger partial charge >= 0.3 is 0 Å². The van der Waals surface area contributed by atoms with E-state index in [1.807, 2.05) is 86.6 Å². The van der Waals surface area contributed by atoms with E-state index in [-0.39, 0.29) is 18.0 Å². The second-order valence-electron chi connectivity index (χ2n) is 8.86. The Hall–Kier alpha value is -3.97. The van der Waals surface area contributed by atoms with Gasteiger partial charge < -0.3 is 9.32 Å². The van der Waals surface area contributed by atoms with Crippen molar-refractivity contribution in [2.24, 2.45) is 0 Å². The summed E-state index contributed by atoms with van der Waals surface area (Å²) in [5.74, 6) is 1.01. The van der Waals surface area contributed by atoms with E-state index in [1.165, 1.54) is 0 Å². The minimum absolute atomic E-state index is 0.147. The Balaban J connectivity index is 1.74.